The van der Waals surface area contributed by atoms with E-state index >= 15 is 0 Å². The number of halogens is 1. The Bertz CT molecular complexity index is 477. The quantitative estimate of drug-likeness (QED) is 0.135. The molecule has 0 unspecified atom stereocenters. The molecule has 0 aliphatic rings. The van der Waals surface area contributed by atoms with Gasteiger partial charge in [-0.3, -0.25) is 19.2 Å². The summed E-state index contributed by atoms with van der Waals surface area (Å²) >= 11 is 0. The van der Waals surface area contributed by atoms with Gasteiger partial charge in [-0.15, -0.1) is 0 Å². The van der Waals surface area contributed by atoms with Crippen LogP contribution in [0.4, 0.5) is 4.39 Å². The van der Waals surface area contributed by atoms with Gasteiger partial charge in [0, 0.05) is 52.2 Å². The van der Waals surface area contributed by atoms with E-state index in [1.54, 1.807) is 0 Å². The van der Waals surface area contributed by atoms with Gasteiger partial charge in [0.1, 0.15) is 6.54 Å². The molecule has 12 heteroatoms. The van der Waals surface area contributed by atoms with Gasteiger partial charge >= 0.3 is 18.0 Å². The zero-order chi connectivity index (χ0) is 24.5. The fourth-order valence-corrected chi connectivity index (χ4v) is 1.89. The summed E-state index contributed by atoms with van der Waals surface area (Å²) in [5.41, 5.74) is 0. The number of hydrogen-bond acceptors (Lipinski definition) is 8. The highest BCUT2D eigenvalue weighted by atomic mass is 19.1. The summed E-state index contributed by atoms with van der Waals surface area (Å²) in [6.07, 6.45) is 3.32. The summed E-state index contributed by atoms with van der Waals surface area (Å²) in [5, 5.41) is 50.1. The van der Waals surface area contributed by atoms with E-state index < -0.39 is 18.0 Å². The van der Waals surface area contributed by atoms with Crippen molar-refractivity contribution in [2.75, 3.05) is 39.5 Å². The third-order valence-electron chi connectivity index (χ3n) is 3.39. The lowest BCUT2D eigenvalue weighted by atomic mass is 10.2. The minimum absolute atomic E-state index is 0.0800. The first-order chi connectivity index (χ1) is 14.7. The maximum atomic E-state index is 11.4. The van der Waals surface area contributed by atoms with Crippen LogP contribution >= 0.6 is 0 Å². The molecule has 0 saturated heterocycles. The molecule has 0 bridgehead atoms. The highest BCUT2D eigenvalue weighted by Crippen LogP contribution is 1.99. The number of aliphatic hydroxyl groups is 4. The second-order valence-corrected chi connectivity index (χ2v) is 6.22. The van der Waals surface area contributed by atoms with Crippen LogP contribution in [0, 0.1) is 0 Å². The van der Waals surface area contributed by atoms with Gasteiger partial charge in [0.05, 0.1) is 0 Å². The van der Waals surface area contributed by atoms with Gasteiger partial charge in [-0.25, -0.2) is 0 Å². The molecule has 11 nitrogen and oxygen atoms in total. The molecule has 0 atom stereocenters. The monoisotopic (exact) mass is 457 g/mol. The molecule has 0 aliphatic carbocycles. The highest BCUT2D eigenvalue weighted by Gasteiger charge is 2.15. The SMILES string of the molecule is O=C(F)CCCO.O=C(O)CCCCCO.O=C(O)CN(CCCO)C(=O)CCCO. The first-order valence-electron chi connectivity index (χ1n) is 9.99. The molecular weight excluding hydrogens is 421 g/mol. The topological polar surface area (TPSA) is 193 Å². The molecule has 0 aromatic heterocycles. The van der Waals surface area contributed by atoms with Gasteiger partial charge in [-0.2, -0.15) is 4.39 Å². The number of aliphatic hydroxyl groups excluding tert-OH is 4. The van der Waals surface area contributed by atoms with E-state index in [9.17, 15) is 23.6 Å². The van der Waals surface area contributed by atoms with Crippen LogP contribution in [0.25, 0.3) is 0 Å². The third kappa shape index (κ3) is 32.7. The molecule has 0 rings (SSSR count). The van der Waals surface area contributed by atoms with Gasteiger partial charge in [0.25, 0.3) is 0 Å². The lowest BCUT2D eigenvalue weighted by Gasteiger charge is -2.19. The summed E-state index contributed by atoms with van der Waals surface area (Å²) in [6.45, 7) is -0.247. The molecule has 0 aromatic rings. The zero-order valence-corrected chi connectivity index (χ0v) is 17.7. The summed E-state index contributed by atoms with van der Waals surface area (Å²) < 4.78 is 11.1. The van der Waals surface area contributed by atoms with Crippen LogP contribution < -0.4 is 0 Å². The van der Waals surface area contributed by atoms with E-state index in [1.165, 1.54) is 4.90 Å². The Kier molecular flexibility index (Phi) is 28.0. The molecule has 0 fully saturated rings. The summed E-state index contributed by atoms with van der Waals surface area (Å²) in [4.78, 5) is 42.4. The van der Waals surface area contributed by atoms with Crippen molar-refractivity contribution in [2.45, 2.75) is 57.8 Å². The minimum atomic E-state index is -1.35. The normalized spacial score (nSPS) is 9.58. The molecule has 0 radical (unpaired) electrons. The van der Waals surface area contributed by atoms with Crippen LogP contribution in [-0.4, -0.2) is 98.9 Å². The number of carbonyl (C=O) groups is 4. The van der Waals surface area contributed by atoms with Gasteiger partial charge in [-0.1, -0.05) is 6.42 Å². The van der Waals surface area contributed by atoms with Crippen molar-refractivity contribution < 1.29 is 54.2 Å². The smallest absolute Gasteiger partial charge is 0.323 e. The number of amides is 1. The van der Waals surface area contributed by atoms with E-state index in [4.69, 9.17) is 30.6 Å². The van der Waals surface area contributed by atoms with Crippen molar-refractivity contribution in [3.8, 4) is 0 Å². The van der Waals surface area contributed by atoms with Crippen LogP contribution in [0.15, 0.2) is 0 Å². The van der Waals surface area contributed by atoms with Crippen molar-refractivity contribution in [2.24, 2.45) is 0 Å². The van der Waals surface area contributed by atoms with Crippen LogP contribution in [-0.2, 0) is 19.2 Å². The average molecular weight is 457 g/mol. The fourth-order valence-electron chi connectivity index (χ4n) is 1.89. The first-order valence-corrected chi connectivity index (χ1v) is 9.99. The molecule has 6 N–H and O–H groups in total. The molecule has 0 spiro atoms. The van der Waals surface area contributed by atoms with Crippen molar-refractivity contribution >= 4 is 23.9 Å². The second kappa shape index (κ2) is 25.9. The number of carbonyl (C=O) groups excluding carboxylic acids is 2. The Labute approximate surface area is 181 Å². The van der Waals surface area contributed by atoms with E-state index in [-0.39, 0.29) is 71.1 Å². The van der Waals surface area contributed by atoms with E-state index in [0.29, 0.717) is 25.7 Å². The Morgan fingerprint density at radius 2 is 1.13 bits per heavy atom. The van der Waals surface area contributed by atoms with Crippen LogP contribution in [0.3, 0.4) is 0 Å². The average Bonchev–Trinajstić information content (AvgIpc) is 2.71. The standard InChI is InChI=1S/C9H17NO5.C6H12O3.C4H7FO2/c11-5-1-3-8(13)10(4-2-6-12)7-9(14)15;7-5-3-1-2-4-6(8)9;5-4(7)2-1-3-6/h11-12H,1-7H2,(H,14,15);7H,1-5H2,(H,8,9);6H,1-3H2. The molecule has 1 amide bonds. The maximum Gasteiger partial charge on any atom is 0.323 e. The van der Waals surface area contributed by atoms with Crippen LogP contribution in [0.5, 0.6) is 0 Å². The number of nitrogens with zero attached hydrogens (tertiary/aromatic N) is 1. The predicted octanol–water partition coefficient (Wildman–Crippen LogP) is -0.0668. The highest BCUT2D eigenvalue weighted by molar-refractivity contribution is 5.81. The Balaban J connectivity index is -0.000000417. The van der Waals surface area contributed by atoms with Crippen molar-refractivity contribution in [3.05, 3.63) is 0 Å². The second-order valence-electron chi connectivity index (χ2n) is 6.22. The zero-order valence-electron chi connectivity index (χ0n) is 17.7. The maximum absolute atomic E-state index is 11.4. The van der Waals surface area contributed by atoms with Gasteiger partial charge in [0.15, 0.2) is 0 Å². The van der Waals surface area contributed by atoms with E-state index in [2.05, 4.69) is 0 Å². The molecule has 0 saturated carbocycles. The Morgan fingerprint density at radius 1 is 0.613 bits per heavy atom. The molecule has 0 aliphatic heterocycles. The van der Waals surface area contributed by atoms with Crippen LogP contribution in [0.1, 0.15) is 57.8 Å². The molecule has 31 heavy (non-hydrogen) atoms. The Hall–Kier alpha value is -2.15. The summed E-state index contributed by atoms with van der Waals surface area (Å²) in [7, 11) is 0. The molecule has 0 aromatic carbocycles. The van der Waals surface area contributed by atoms with Gasteiger partial charge in [-0.05, 0) is 32.1 Å². The van der Waals surface area contributed by atoms with Gasteiger partial charge < -0.3 is 35.5 Å². The lowest BCUT2D eigenvalue weighted by molar-refractivity contribution is -0.144. The summed E-state index contributed by atoms with van der Waals surface area (Å²) in [6, 6.07) is -1.35. The summed E-state index contributed by atoms with van der Waals surface area (Å²) in [5.74, 6) is -2.14. The third-order valence-corrected chi connectivity index (χ3v) is 3.39. The number of hydrogen-bond donors (Lipinski definition) is 6. The molecule has 0 heterocycles. The van der Waals surface area contributed by atoms with Crippen LogP contribution in [0.2, 0.25) is 0 Å². The Morgan fingerprint density at radius 3 is 1.52 bits per heavy atom. The number of aliphatic carboxylic acids is 2. The number of rotatable bonds is 16. The van der Waals surface area contributed by atoms with E-state index in [0.717, 1.165) is 6.42 Å². The first kappa shape index (κ1) is 33.5. The van der Waals surface area contributed by atoms with Crippen molar-refractivity contribution in [3.63, 3.8) is 0 Å². The largest absolute Gasteiger partial charge is 0.481 e. The predicted molar refractivity (Wildman–Crippen MR) is 108 cm³/mol. The van der Waals surface area contributed by atoms with Gasteiger partial charge in [0.2, 0.25) is 5.91 Å². The molecular formula is C19H36FNO10. The number of carboxylic acids is 2. The number of carboxylic acid groups (broad SMARTS) is 2. The fraction of sp³-hybridized carbons (Fsp3) is 0.789. The van der Waals surface area contributed by atoms with E-state index in [1.807, 2.05) is 0 Å². The number of unbranched alkanes of at least 4 members (excludes halogenated alkanes) is 2. The van der Waals surface area contributed by atoms with Crippen molar-refractivity contribution in [1.29, 1.82) is 0 Å². The lowest BCUT2D eigenvalue weighted by Crippen LogP contribution is -2.36. The minimum Gasteiger partial charge on any atom is -0.481 e. The van der Waals surface area contributed by atoms with Crippen molar-refractivity contribution in [1.82, 2.24) is 4.90 Å². The molecule has 184 valence electrons.